The van der Waals surface area contributed by atoms with Crippen LogP contribution >= 0.6 is 0 Å². The quantitative estimate of drug-likeness (QED) is 0.225. The largest absolute Gasteiger partial charge is 0.354 e. The second-order valence-corrected chi connectivity index (χ2v) is 10.3. The first kappa shape index (κ1) is 20.0. The third-order valence-corrected chi connectivity index (χ3v) is 8.27. The van der Waals surface area contributed by atoms with Crippen molar-refractivity contribution in [2.75, 3.05) is 0 Å². The fraction of sp³-hybridized carbons (Fsp3) is 0. The van der Waals surface area contributed by atoms with Gasteiger partial charge in [0.25, 0.3) is 0 Å². The molecule has 0 unspecified atom stereocenters. The standard InChI is InChI=1S/C36H22N2/c1-2-10-22(11-3-1)38-35-20-29-26-15-7-5-13-24(26)23-12-4-6-14-25(23)28(29)18-31(35)32-19-30-27-16-8-9-17-33(27)37-34(30)21-36(32)38/h1-21,37H. The number of rotatable bonds is 1. The minimum Gasteiger partial charge on any atom is -0.354 e. The molecule has 0 aliphatic carbocycles. The molecule has 0 atom stereocenters. The summed E-state index contributed by atoms with van der Waals surface area (Å²) in [7, 11) is 0. The summed E-state index contributed by atoms with van der Waals surface area (Å²) >= 11 is 0. The lowest BCUT2D eigenvalue weighted by Crippen LogP contribution is -1.93. The lowest BCUT2D eigenvalue weighted by molar-refractivity contribution is 1.18. The molecule has 0 aliphatic heterocycles. The third kappa shape index (κ3) is 2.56. The van der Waals surface area contributed by atoms with Crippen molar-refractivity contribution in [3.63, 3.8) is 0 Å². The maximum atomic E-state index is 3.66. The van der Waals surface area contributed by atoms with Crippen LogP contribution in [0.15, 0.2) is 127 Å². The Bertz CT molecular complexity index is 2390. The van der Waals surface area contributed by atoms with Gasteiger partial charge < -0.3 is 9.55 Å². The van der Waals surface area contributed by atoms with Gasteiger partial charge in [-0.25, -0.2) is 0 Å². The Labute approximate surface area is 218 Å². The molecule has 9 rings (SSSR count). The number of para-hydroxylation sites is 2. The molecule has 1 N–H and O–H groups in total. The summed E-state index contributed by atoms with van der Waals surface area (Å²) < 4.78 is 2.43. The molecule has 0 bridgehead atoms. The van der Waals surface area contributed by atoms with E-state index in [1.165, 1.54) is 81.6 Å². The van der Waals surface area contributed by atoms with E-state index >= 15 is 0 Å². The van der Waals surface area contributed by atoms with E-state index in [0.717, 1.165) is 0 Å². The van der Waals surface area contributed by atoms with Crippen molar-refractivity contribution in [3.8, 4) is 5.69 Å². The van der Waals surface area contributed by atoms with Gasteiger partial charge >= 0.3 is 0 Å². The number of hydrogen-bond acceptors (Lipinski definition) is 0. The molecule has 0 saturated carbocycles. The molecule has 2 heterocycles. The zero-order valence-corrected chi connectivity index (χ0v) is 20.6. The van der Waals surface area contributed by atoms with Crippen molar-refractivity contribution in [3.05, 3.63) is 127 Å². The molecular weight excluding hydrogens is 460 g/mol. The summed E-state index contributed by atoms with van der Waals surface area (Å²) in [6.45, 7) is 0. The minimum absolute atomic E-state index is 1.17. The first-order valence-electron chi connectivity index (χ1n) is 13.1. The maximum absolute atomic E-state index is 3.66. The maximum Gasteiger partial charge on any atom is 0.0562 e. The summed E-state index contributed by atoms with van der Waals surface area (Å²) in [4.78, 5) is 3.66. The van der Waals surface area contributed by atoms with Crippen LogP contribution < -0.4 is 0 Å². The van der Waals surface area contributed by atoms with Crippen molar-refractivity contribution in [2.24, 2.45) is 0 Å². The van der Waals surface area contributed by atoms with Crippen LogP contribution in [-0.4, -0.2) is 9.55 Å². The molecule has 2 nitrogen and oxygen atoms in total. The van der Waals surface area contributed by atoms with Gasteiger partial charge in [0.2, 0.25) is 0 Å². The van der Waals surface area contributed by atoms with E-state index in [1.54, 1.807) is 0 Å². The van der Waals surface area contributed by atoms with E-state index in [9.17, 15) is 0 Å². The Morgan fingerprint density at radius 1 is 0.342 bits per heavy atom. The van der Waals surface area contributed by atoms with Gasteiger partial charge in [-0.3, -0.25) is 0 Å². The Hall–Kier alpha value is -5.08. The Morgan fingerprint density at radius 2 is 0.842 bits per heavy atom. The highest BCUT2D eigenvalue weighted by molar-refractivity contribution is 6.29. The van der Waals surface area contributed by atoms with Crippen LogP contribution in [0, 0.1) is 0 Å². The average Bonchev–Trinajstić information content (AvgIpc) is 3.50. The van der Waals surface area contributed by atoms with Gasteiger partial charge in [-0.1, -0.05) is 84.9 Å². The molecule has 176 valence electrons. The molecule has 0 spiro atoms. The number of aromatic nitrogens is 2. The summed E-state index contributed by atoms with van der Waals surface area (Å²) in [5.41, 5.74) is 5.96. The van der Waals surface area contributed by atoms with Gasteiger partial charge in [0.05, 0.1) is 11.0 Å². The number of nitrogens with one attached hydrogen (secondary N) is 1. The second-order valence-electron chi connectivity index (χ2n) is 10.3. The molecule has 0 saturated heterocycles. The van der Waals surface area contributed by atoms with Gasteiger partial charge in [-0.2, -0.15) is 0 Å². The molecule has 7 aromatic carbocycles. The number of hydrogen-bond donors (Lipinski definition) is 1. The smallest absolute Gasteiger partial charge is 0.0562 e. The van der Waals surface area contributed by atoms with Crippen LogP contribution in [0.5, 0.6) is 0 Å². The average molecular weight is 483 g/mol. The highest BCUT2D eigenvalue weighted by Crippen LogP contribution is 2.42. The molecule has 0 aliphatic rings. The molecular formula is C36H22N2. The molecule has 2 aromatic heterocycles. The van der Waals surface area contributed by atoms with Crippen LogP contribution in [0.3, 0.4) is 0 Å². The zero-order valence-electron chi connectivity index (χ0n) is 20.6. The van der Waals surface area contributed by atoms with Gasteiger partial charge in [-0.15, -0.1) is 0 Å². The first-order chi connectivity index (χ1) is 18.8. The summed E-state index contributed by atoms with van der Waals surface area (Å²) in [6, 6.07) is 46.5. The highest BCUT2D eigenvalue weighted by atomic mass is 15.0. The molecule has 0 fully saturated rings. The van der Waals surface area contributed by atoms with Crippen molar-refractivity contribution in [1.82, 2.24) is 9.55 Å². The predicted molar refractivity (Wildman–Crippen MR) is 163 cm³/mol. The lowest BCUT2D eigenvalue weighted by Gasteiger charge is -2.12. The van der Waals surface area contributed by atoms with Crippen molar-refractivity contribution < 1.29 is 0 Å². The second kappa shape index (κ2) is 7.24. The summed E-state index contributed by atoms with van der Waals surface area (Å²) in [5, 5.41) is 12.9. The number of aromatic amines is 1. The van der Waals surface area contributed by atoms with Crippen LogP contribution in [-0.2, 0) is 0 Å². The fourth-order valence-electron chi connectivity index (χ4n) is 6.61. The SMILES string of the molecule is c1ccc(-n2c3cc4[nH]c5ccccc5c4cc3c3cc4c5ccccc5c5ccccc5c4cc32)cc1. The van der Waals surface area contributed by atoms with Crippen LogP contribution in [0.4, 0.5) is 0 Å². The van der Waals surface area contributed by atoms with Crippen LogP contribution in [0.1, 0.15) is 0 Å². The van der Waals surface area contributed by atoms with Gasteiger partial charge in [0.1, 0.15) is 0 Å². The lowest BCUT2D eigenvalue weighted by atomic mass is 9.93. The zero-order chi connectivity index (χ0) is 24.8. The fourth-order valence-corrected chi connectivity index (χ4v) is 6.61. The first-order valence-corrected chi connectivity index (χ1v) is 13.1. The van der Waals surface area contributed by atoms with E-state index in [-0.39, 0.29) is 0 Å². The number of H-pyrrole nitrogens is 1. The summed E-state index contributed by atoms with van der Waals surface area (Å²) in [6.07, 6.45) is 0. The van der Waals surface area contributed by atoms with E-state index in [1.807, 2.05) is 0 Å². The molecule has 9 aromatic rings. The normalized spacial score (nSPS) is 12.2. The van der Waals surface area contributed by atoms with E-state index < -0.39 is 0 Å². The van der Waals surface area contributed by atoms with Crippen LogP contribution in [0.25, 0.3) is 81.6 Å². The van der Waals surface area contributed by atoms with E-state index in [0.29, 0.717) is 0 Å². The Kier molecular flexibility index (Phi) is 3.82. The molecule has 2 heteroatoms. The van der Waals surface area contributed by atoms with E-state index in [4.69, 9.17) is 0 Å². The number of fused-ring (bicyclic) bond motifs is 12. The van der Waals surface area contributed by atoms with Crippen molar-refractivity contribution in [1.29, 1.82) is 0 Å². The molecule has 0 radical (unpaired) electrons. The van der Waals surface area contributed by atoms with Gasteiger partial charge in [-0.05, 0) is 74.8 Å². The van der Waals surface area contributed by atoms with Gasteiger partial charge in [0.15, 0.2) is 0 Å². The van der Waals surface area contributed by atoms with Crippen LogP contribution in [0.2, 0.25) is 0 Å². The van der Waals surface area contributed by atoms with Gasteiger partial charge in [0, 0.05) is 38.3 Å². The van der Waals surface area contributed by atoms with E-state index in [2.05, 4.69) is 137 Å². The number of nitrogens with zero attached hydrogens (tertiary/aromatic N) is 1. The topological polar surface area (TPSA) is 20.7 Å². The highest BCUT2D eigenvalue weighted by Gasteiger charge is 2.18. The monoisotopic (exact) mass is 482 g/mol. The minimum atomic E-state index is 1.17. The molecule has 0 amide bonds. The third-order valence-electron chi connectivity index (χ3n) is 8.27. The van der Waals surface area contributed by atoms with Crippen molar-refractivity contribution >= 4 is 75.9 Å². The Morgan fingerprint density at radius 3 is 1.53 bits per heavy atom. The predicted octanol–water partition coefficient (Wildman–Crippen LogP) is 9.88. The summed E-state index contributed by atoms with van der Waals surface area (Å²) in [5.74, 6) is 0. The molecule has 38 heavy (non-hydrogen) atoms. The van der Waals surface area contributed by atoms with Crippen molar-refractivity contribution in [2.45, 2.75) is 0 Å². The number of benzene rings is 7. The Balaban J connectivity index is 1.55.